The fourth-order valence-corrected chi connectivity index (χ4v) is 2.62. The van der Waals surface area contributed by atoms with Gasteiger partial charge in [0.25, 0.3) is 5.91 Å². The quantitative estimate of drug-likeness (QED) is 0.844. The second kappa shape index (κ2) is 6.16. The van der Waals surface area contributed by atoms with Gasteiger partial charge in [0, 0.05) is 16.8 Å². The predicted octanol–water partition coefficient (Wildman–Crippen LogP) is 4.22. The number of rotatable bonds is 3. The first-order valence-electron chi connectivity index (χ1n) is 7.30. The Kier molecular flexibility index (Phi) is 4.16. The highest BCUT2D eigenvalue weighted by molar-refractivity contribution is 6.34. The van der Waals surface area contributed by atoms with Gasteiger partial charge in [0.2, 0.25) is 0 Å². The molecule has 0 atom stereocenters. The molecule has 0 aromatic heterocycles. The lowest BCUT2D eigenvalue weighted by atomic mass is 10.0. The van der Waals surface area contributed by atoms with Crippen LogP contribution in [0.1, 0.15) is 16.7 Å². The van der Waals surface area contributed by atoms with E-state index in [-0.39, 0.29) is 11.3 Å². The van der Waals surface area contributed by atoms with Crippen molar-refractivity contribution >= 4 is 23.2 Å². The Morgan fingerprint density at radius 3 is 2.36 bits per heavy atom. The number of amides is 1. The van der Waals surface area contributed by atoms with Crippen LogP contribution in [0.3, 0.4) is 0 Å². The van der Waals surface area contributed by atoms with E-state index in [1.165, 1.54) is 20.3 Å². The summed E-state index contributed by atoms with van der Waals surface area (Å²) in [5, 5.41) is 2.47. The largest absolute Gasteiger partial charge is 0.493 e. The van der Waals surface area contributed by atoms with Crippen LogP contribution in [-0.4, -0.2) is 20.1 Å². The zero-order chi connectivity index (χ0) is 18.2. The van der Waals surface area contributed by atoms with Gasteiger partial charge in [-0.25, -0.2) is 0 Å². The molecule has 0 radical (unpaired) electrons. The summed E-state index contributed by atoms with van der Waals surface area (Å²) in [5.74, 6) is 0.572. The van der Waals surface area contributed by atoms with Crippen molar-refractivity contribution in [2.24, 2.45) is 0 Å². The third-order valence-corrected chi connectivity index (χ3v) is 3.85. The topological polar surface area (TPSA) is 47.6 Å². The lowest BCUT2D eigenvalue weighted by molar-refractivity contribution is -0.137. The van der Waals surface area contributed by atoms with Gasteiger partial charge in [0.15, 0.2) is 11.5 Å². The first-order valence-corrected chi connectivity index (χ1v) is 7.30. The van der Waals surface area contributed by atoms with E-state index in [1.54, 1.807) is 24.3 Å². The minimum atomic E-state index is -4.46. The second-order valence-corrected chi connectivity index (χ2v) is 5.38. The number of carbonyl (C=O) groups is 1. The molecule has 2 aromatic carbocycles. The molecule has 0 bridgehead atoms. The maximum absolute atomic E-state index is 12.8. The first-order chi connectivity index (χ1) is 11.8. The molecule has 2 aromatic rings. The third kappa shape index (κ3) is 3.17. The Morgan fingerprint density at radius 1 is 1.00 bits per heavy atom. The fourth-order valence-electron chi connectivity index (χ4n) is 2.62. The smallest absolute Gasteiger partial charge is 0.416 e. The van der Waals surface area contributed by atoms with Crippen LogP contribution in [0.5, 0.6) is 11.5 Å². The van der Waals surface area contributed by atoms with Gasteiger partial charge < -0.3 is 14.8 Å². The molecule has 4 nitrogen and oxygen atoms in total. The molecule has 0 unspecified atom stereocenters. The lowest BCUT2D eigenvalue weighted by Gasteiger charge is -2.09. The average molecular weight is 349 g/mol. The Balaban J connectivity index is 2.02. The van der Waals surface area contributed by atoms with Crippen molar-refractivity contribution in [1.82, 2.24) is 0 Å². The van der Waals surface area contributed by atoms with Gasteiger partial charge in [0.1, 0.15) is 0 Å². The predicted molar refractivity (Wildman–Crippen MR) is 87.5 cm³/mol. The molecule has 0 saturated heterocycles. The van der Waals surface area contributed by atoms with Crippen LogP contribution in [-0.2, 0) is 11.0 Å². The Morgan fingerprint density at radius 2 is 1.72 bits per heavy atom. The first kappa shape index (κ1) is 16.9. The molecule has 7 heteroatoms. The maximum Gasteiger partial charge on any atom is 0.416 e. The molecule has 1 amide bonds. The number of fused-ring (bicyclic) bond motifs is 1. The lowest BCUT2D eigenvalue weighted by Crippen LogP contribution is -2.06. The zero-order valence-electron chi connectivity index (χ0n) is 13.4. The molecule has 0 aliphatic carbocycles. The Hall–Kier alpha value is -2.96. The zero-order valence-corrected chi connectivity index (χ0v) is 13.4. The molecule has 0 fully saturated rings. The van der Waals surface area contributed by atoms with Crippen molar-refractivity contribution in [2.45, 2.75) is 6.18 Å². The molecule has 3 rings (SSSR count). The number of carbonyl (C=O) groups excluding carboxylic acids is 1. The summed E-state index contributed by atoms with van der Waals surface area (Å²) in [4.78, 5) is 12.2. The van der Waals surface area contributed by atoms with Crippen molar-refractivity contribution in [3.05, 3.63) is 53.1 Å². The van der Waals surface area contributed by atoms with E-state index in [0.717, 1.165) is 12.1 Å². The Labute approximate surface area is 141 Å². The summed E-state index contributed by atoms with van der Waals surface area (Å²) in [6.45, 7) is 0. The number of anilines is 1. The summed E-state index contributed by atoms with van der Waals surface area (Å²) in [7, 11) is 3.00. The van der Waals surface area contributed by atoms with Crippen LogP contribution in [0, 0.1) is 0 Å². The van der Waals surface area contributed by atoms with Gasteiger partial charge in [-0.05, 0) is 35.9 Å². The van der Waals surface area contributed by atoms with Crippen molar-refractivity contribution in [2.75, 3.05) is 19.5 Å². The van der Waals surface area contributed by atoms with Gasteiger partial charge in [-0.1, -0.05) is 12.1 Å². The number of nitrogens with one attached hydrogen (secondary N) is 1. The van der Waals surface area contributed by atoms with Crippen LogP contribution in [0.25, 0.3) is 11.6 Å². The van der Waals surface area contributed by atoms with E-state index >= 15 is 0 Å². The fraction of sp³-hybridized carbons (Fsp3) is 0.167. The Bertz CT molecular complexity index is 872. The summed E-state index contributed by atoms with van der Waals surface area (Å²) in [5.41, 5.74) is 0.713. The summed E-state index contributed by atoms with van der Waals surface area (Å²) in [6.07, 6.45) is -2.87. The van der Waals surface area contributed by atoms with E-state index < -0.39 is 17.6 Å². The van der Waals surface area contributed by atoms with Crippen LogP contribution in [0.2, 0.25) is 0 Å². The van der Waals surface area contributed by atoms with E-state index in [1.807, 2.05) is 0 Å². The summed E-state index contributed by atoms with van der Waals surface area (Å²) in [6, 6.07) is 8.28. The monoisotopic (exact) mass is 349 g/mol. The molecular weight excluding hydrogens is 335 g/mol. The summed E-state index contributed by atoms with van der Waals surface area (Å²) >= 11 is 0. The van der Waals surface area contributed by atoms with Gasteiger partial charge in [-0.3, -0.25) is 4.79 Å². The molecule has 1 aliphatic rings. The minimum Gasteiger partial charge on any atom is -0.493 e. The maximum atomic E-state index is 12.8. The number of benzene rings is 2. The van der Waals surface area contributed by atoms with Gasteiger partial charge in [-0.2, -0.15) is 13.2 Å². The van der Waals surface area contributed by atoms with Gasteiger partial charge >= 0.3 is 6.18 Å². The van der Waals surface area contributed by atoms with Crippen molar-refractivity contribution in [3.63, 3.8) is 0 Å². The van der Waals surface area contributed by atoms with Gasteiger partial charge in [-0.15, -0.1) is 0 Å². The second-order valence-electron chi connectivity index (χ2n) is 5.38. The number of hydrogen-bond donors (Lipinski definition) is 1. The van der Waals surface area contributed by atoms with Crippen LogP contribution >= 0.6 is 0 Å². The van der Waals surface area contributed by atoms with Crippen LogP contribution < -0.4 is 14.8 Å². The highest BCUT2D eigenvalue weighted by Gasteiger charge is 2.33. The number of hydrogen-bond acceptors (Lipinski definition) is 3. The van der Waals surface area contributed by atoms with Crippen LogP contribution in [0.4, 0.5) is 18.9 Å². The van der Waals surface area contributed by atoms with Crippen LogP contribution in [0.15, 0.2) is 36.4 Å². The molecule has 1 aliphatic heterocycles. The molecule has 25 heavy (non-hydrogen) atoms. The minimum absolute atomic E-state index is 0.145. The van der Waals surface area contributed by atoms with Crippen molar-refractivity contribution in [3.8, 4) is 11.5 Å². The number of halogens is 3. The molecule has 0 spiro atoms. The highest BCUT2D eigenvalue weighted by atomic mass is 19.4. The average Bonchev–Trinajstić information content (AvgIpc) is 2.89. The number of alkyl halides is 3. The van der Waals surface area contributed by atoms with E-state index in [2.05, 4.69) is 5.32 Å². The number of ether oxygens (including phenoxy) is 2. The van der Waals surface area contributed by atoms with E-state index in [0.29, 0.717) is 22.6 Å². The SMILES string of the molecule is COc1ccc(/C=C2/C(=O)Nc3cc(C(F)(F)F)ccc32)cc1OC. The van der Waals surface area contributed by atoms with Crippen molar-refractivity contribution in [1.29, 1.82) is 0 Å². The standard InChI is InChI=1S/C18H14F3NO3/c1-24-15-6-3-10(8-16(15)25-2)7-13-12-5-4-11(18(19,20)21)9-14(12)22-17(13)23/h3-9H,1-2H3,(H,22,23)/b13-7+. The van der Waals surface area contributed by atoms with E-state index in [4.69, 9.17) is 9.47 Å². The highest BCUT2D eigenvalue weighted by Crippen LogP contribution is 2.39. The van der Waals surface area contributed by atoms with Gasteiger partial charge in [0.05, 0.1) is 19.8 Å². The third-order valence-electron chi connectivity index (χ3n) is 3.85. The molecule has 130 valence electrons. The van der Waals surface area contributed by atoms with Crippen molar-refractivity contribution < 1.29 is 27.4 Å². The molecular formula is C18H14F3NO3. The molecule has 0 saturated carbocycles. The van der Waals surface area contributed by atoms with E-state index in [9.17, 15) is 18.0 Å². The summed E-state index contributed by atoms with van der Waals surface area (Å²) < 4.78 is 48.8. The molecule has 1 heterocycles. The molecule has 1 N–H and O–H groups in total. The number of methoxy groups -OCH3 is 2. The normalized spacial score (nSPS) is 15.1.